The molecule has 0 aliphatic rings. The van der Waals surface area contributed by atoms with Crippen LogP contribution >= 0.6 is 15.9 Å². The number of hydrogen-bond acceptors (Lipinski definition) is 3. The summed E-state index contributed by atoms with van der Waals surface area (Å²) in [5, 5.41) is 0. The lowest BCUT2D eigenvalue weighted by Crippen LogP contribution is -2.46. The molecule has 0 radical (unpaired) electrons. The number of nitrogens with one attached hydrogen (secondary N) is 1. The molecule has 1 aromatic rings. The molecular formula is C13H20BrFN2O. The first-order valence-corrected chi connectivity index (χ1v) is 6.82. The van der Waals surface area contributed by atoms with Gasteiger partial charge in [0.2, 0.25) is 0 Å². The highest BCUT2D eigenvalue weighted by Gasteiger charge is 2.35. The van der Waals surface area contributed by atoms with Crippen molar-refractivity contribution in [1.29, 1.82) is 0 Å². The van der Waals surface area contributed by atoms with E-state index in [2.05, 4.69) is 21.4 Å². The molecule has 0 amide bonds. The first kappa shape index (κ1) is 15.6. The van der Waals surface area contributed by atoms with Gasteiger partial charge in [0.05, 0.1) is 11.6 Å². The summed E-state index contributed by atoms with van der Waals surface area (Å²) in [6.45, 7) is 6.40. The zero-order valence-corrected chi connectivity index (χ0v) is 12.6. The lowest BCUT2D eigenvalue weighted by atomic mass is 9.88. The Morgan fingerprint density at radius 1 is 1.50 bits per heavy atom. The Balaban J connectivity index is 3.19. The Morgan fingerprint density at radius 2 is 2.17 bits per heavy atom. The summed E-state index contributed by atoms with van der Waals surface area (Å²) < 4.78 is 20.5. The van der Waals surface area contributed by atoms with Crippen LogP contribution in [0, 0.1) is 5.82 Å². The van der Waals surface area contributed by atoms with Crippen molar-refractivity contribution in [3.05, 3.63) is 34.1 Å². The molecule has 3 nitrogen and oxygen atoms in total. The van der Waals surface area contributed by atoms with E-state index in [0.717, 1.165) is 10.9 Å². The maximum Gasteiger partial charge on any atom is 0.128 e. The van der Waals surface area contributed by atoms with E-state index in [0.29, 0.717) is 12.2 Å². The van der Waals surface area contributed by atoms with Crippen LogP contribution in [0.5, 0.6) is 0 Å². The maximum absolute atomic E-state index is 13.9. The quantitative estimate of drug-likeness (QED) is 0.625. The molecule has 1 rings (SSSR count). The van der Waals surface area contributed by atoms with E-state index < -0.39 is 11.6 Å². The van der Waals surface area contributed by atoms with Gasteiger partial charge in [-0.15, -0.1) is 0 Å². The summed E-state index contributed by atoms with van der Waals surface area (Å²) in [7, 11) is 0. The third-order valence-electron chi connectivity index (χ3n) is 3.22. The summed E-state index contributed by atoms with van der Waals surface area (Å²) in [6, 6.07) is 4.41. The predicted octanol–water partition coefficient (Wildman–Crippen LogP) is 3.30. The van der Waals surface area contributed by atoms with E-state index in [-0.39, 0.29) is 5.82 Å². The van der Waals surface area contributed by atoms with Crippen LogP contribution in [0.4, 0.5) is 4.39 Å². The normalized spacial score (nSPS) is 16.3. The van der Waals surface area contributed by atoms with E-state index in [1.165, 1.54) is 6.07 Å². The largest absolute Gasteiger partial charge is 0.374 e. The van der Waals surface area contributed by atoms with Crippen LogP contribution in [0.15, 0.2) is 22.7 Å². The highest BCUT2D eigenvalue weighted by Crippen LogP contribution is 2.34. The average molecular weight is 319 g/mol. The standard InChI is InChI=1S/C13H20BrFN2O/c1-4-13(3,18-5-2)12(17-16)10-8-9(14)6-7-11(10)15/h6-8,12,17H,4-5,16H2,1-3H3. The van der Waals surface area contributed by atoms with Crippen LogP contribution in [0.3, 0.4) is 0 Å². The smallest absolute Gasteiger partial charge is 0.128 e. The van der Waals surface area contributed by atoms with E-state index in [9.17, 15) is 4.39 Å². The van der Waals surface area contributed by atoms with Gasteiger partial charge in [-0.1, -0.05) is 22.9 Å². The van der Waals surface area contributed by atoms with Crippen molar-refractivity contribution in [3.63, 3.8) is 0 Å². The van der Waals surface area contributed by atoms with Gasteiger partial charge < -0.3 is 4.74 Å². The summed E-state index contributed by atoms with van der Waals surface area (Å²) in [5.74, 6) is 5.31. The predicted molar refractivity (Wildman–Crippen MR) is 74.5 cm³/mol. The highest BCUT2D eigenvalue weighted by atomic mass is 79.9. The fourth-order valence-electron chi connectivity index (χ4n) is 2.05. The molecule has 102 valence electrons. The fourth-order valence-corrected chi connectivity index (χ4v) is 2.43. The summed E-state index contributed by atoms with van der Waals surface area (Å²) in [4.78, 5) is 0. The van der Waals surface area contributed by atoms with Gasteiger partial charge in [-0.05, 0) is 38.5 Å². The molecule has 5 heteroatoms. The minimum Gasteiger partial charge on any atom is -0.374 e. The highest BCUT2D eigenvalue weighted by molar-refractivity contribution is 9.10. The minimum atomic E-state index is -0.550. The van der Waals surface area contributed by atoms with Gasteiger partial charge in [-0.2, -0.15) is 0 Å². The molecule has 0 spiro atoms. The number of benzene rings is 1. The second kappa shape index (κ2) is 6.61. The Hall–Kier alpha value is -0.490. The zero-order valence-electron chi connectivity index (χ0n) is 11.0. The first-order chi connectivity index (χ1) is 8.48. The van der Waals surface area contributed by atoms with Crippen LogP contribution in [-0.4, -0.2) is 12.2 Å². The Bertz CT molecular complexity index is 403. The molecular weight excluding hydrogens is 299 g/mol. The third kappa shape index (κ3) is 3.29. The van der Waals surface area contributed by atoms with Crippen LogP contribution < -0.4 is 11.3 Å². The lowest BCUT2D eigenvalue weighted by molar-refractivity contribution is -0.0571. The monoisotopic (exact) mass is 318 g/mol. The van der Waals surface area contributed by atoms with E-state index >= 15 is 0 Å². The minimum absolute atomic E-state index is 0.291. The maximum atomic E-state index is 13.9. The molecule has 2 unspecified atom stereocenters. The number of nitrogens with two attached hydrogens (primary N) is 1. The van der Waals surface area contributed by atoms with E-state index in [1.54, 1.807) is 12.1 Å². The SMILES string of the molecule is CCOC(C)(CC)C(NN)c1cc(Br)ccc1F. The van der Waals surface area contributed by atoms with Gasteiger partial charge in [-0.3, -0.25) is 5.84 Å². The van der Waals surface area contributed by atoms with Crippen molar-refractivity contribution >= 4 is 15.9 Å². The van der Waals surface area contributed by atoms with Gasteiger partial charge in [0.25, 0.3) is 0 Å². The average Bonchev–Trinajstić information content (AvgIpc) is 2.34. The molecule has 0 bridgehead atoms. The Kier molecular flexibility index (Phi) is 5.72. The second-order valence-corrected chi connectivity index (χ2v) is 5.28. The van der Waals surface area contributed by atoms with Crippen molar-refractivity contribution in [2.75, 3.05) is 6.61 Å². The molecule has 0 heterocycles. The molecule has 0 saturated carbocycles. The summed E-state index contributed by atoms with van der Waals surface area (Å²) in [5.41, 5.74) is 2.63. The molecule has 1 aromatic carbocycles. The molecule has 0 aromatic heterocycles. The van der Waals surface area contributed by atoms with Crippen molar-refractivity contribution in [2.24, 2.45) is 5.84 Å². The van der Waals surface area contributed by atoms with Crippen molar-refractivity contribution in [2.45, 2.75) is 38.8 Å². The van der Waals surface area contributed by atoms with Gasteiger partial charge in [-0.25, -0.2) is 9.82 Å². The van der Waals surface area contributed by atoms with Crippen molar-refractivity contribution in [3.8, 4) is 0 Å². The third-order valence-corrected chi connectivity index (χ3v) is 3.72. The molecule has 18 heavy (non-hydrogen) atoms. The summed E-state index contributed by atoms with van der Waals surface area (Å²) in [6.07, 6.45) is 0.724. The molecule has 0 aliphatic carbocycles. The molecule has 2 atom stereocenters. The van der Waals surface area contributed by atoms with E-state index in [1.807, 2.05) is 20.8 Å². The van der Waals surface area contributed by atoms with Crippen LogP contribution in [0.1, 0.15) is 38.8 Å². The molecule has 0 fully saturated rings. The fraction of sp³-hybridized carbons (Fsp3) is 0.538. The first-order valence-electron chi connectivity index (χ1n) is 6.03. The molecule has 3 N–H and O–H groups in total. The van der Waals surface area contributed by atoms with Gasteiger partial charge >= 0.3 is 0 Å². The Labute approximate surface area is 116 Å². The number of ether oxygens (including phenoxy) is 1. The van der Waals surface area contributed by atoms with Gasteiger partial charge in [0, 0.05) is 16.6 Å². The lowest BCUT2D eigenvalue weighted by Gasteiger charge is -2.36. The molecule has 0 saturated heterocycles. The number of rotatable bonds is 6. The van der Waals surface area contributed by atoms with Crippen LogP contribution in [-0.2, 0) is 4.74 Å². The van der Waals surface area contributed by atoms with E-state index in [4.69, 9.17) is 10.6 Å². The topological polar surface area (TPSA) is 47.3 Å². The van der Waals surface area contributed by atoms with Crippen molar-refractivity contribution in [1.82, 2.24) is 5.43 Å². The van der Waals surface area contributed by atoms with Crippen LogP contribution in [0.2, 0.25) is 0 Å². The Morgan fingerprint density at radius 3 is 2.67 bits per heavy atom. The van der Waals surface area contributed by atoms with Crippen LogP contribution in [0.25, 0.3) is 0 Å². The number of halogens is 2. The van der Waals surface area contributed by atoms with Gasteiger partial charge in [0.15, 0.2) is 0 Å². The van der Waals surface area contributed by atoms with Gasteiger partial charge in [0.1, 0.15) is 5.82 Å². The zero-order chi connectivity index (χ0) is 13.8. The number of hydrogen-bond donors (Lipinski definition) is 2. The number of hydrazine groups is 1. The second-order valence-electron chi connectivity index (χ2n) is 4.36. The van der Waals surface area contributed by atoms with Crippen molar-refractivity contribution < 1.29 is 9.13 Å². The molecule has 0 aliphatic heterocycles. The summed E-state index contributed by atoms with van der Waals surface area (Å²) >= 11 is 3.35.